The Kier molecular flexibility index (Phi) is 6.57. The number of hydrogen-bond donors (Lipinski definition) is 3. The standard InChI is InChI=1S/C9H5F2NO.C2H2N2S.CH4N2O/c10-7-5-3-1-2-4-6(5)12-9(13)8(7)11;1-2-5-4-3-1;2-1(3)4/h1-4H,(H,12,13);1-2H;(H4,2,3,4). The fraction of sp³-hybridized carbons (Fsp3) is 0. The van der Waals surface area contributed by atoms with E-state index in [0.717, 1.165) is 0 Å². The Morgan fingerprint density at radius 3 is 2.32 bits per heavy atom. The van der Waals surface area contributed by atoms with E-state index in [-0.39, 0.29) is 5.39 Å². The lowest BCUT2D eigenvalue weighted by Gasteiger charge is -1.98. The SMILES string of the molecule is NC(N)=O.O=c1[nH]c2ccccc2c(F)c1F.c1csnn1. The molecule has 1 aromatic carbocycles. The van der Waals surface area contributed by atoms with Crippen molar-refractivity contribution in [3.8, 4) is 0 Å². The van der Waals surface area contributed by atoms with Crippen molar-refractivity contribution in [3.05, 3.63) is 57.8 Å². The lowest BCUT2D eigenvalue weighted by atomic mass is 10.2. The summed E-state index contributed by atoms with van der Waals surface area (Å²) in [4.78, 5) is 22.0. The van der Waals surface area contributed by atoms with Crippen LogP contribution in [0, 0.1) is 11.6 Å². The molecule has 0 unspecified atom stereocenters. The van der Waals surface area contributed by atoms with Crippen LogP contribution in [0.25, 0.3) is 10.9 Å². The topological polar surface area (TPSA) is 128 Å². The highest BCUT2D eigenvalue weighted by Gasteiger charge is 2.10. The van der Waals surface area contributed by atoms with Crippen molar-refractivity contribution < 1.29 is 13.6 Å². The Hall–Kier alpha value is -2.88. The number of fused-ring (bicyclic) bond motifs is 1. The summed E-state index contributed by atoms with van der Waals surface area (Å²) in [6.45, 7) is 0. The molecule has 0 aliphatic rings. The van der Waals surface area contributed by atoms with Gasteiger partial charge in [0.25, 0.3) is 5.56 Å². The van der Waals surface area contributed by atoms with Crippen LogP contribution in [0.2, 0.25) is 0 Å². The number of nitrogens with zero attached hydrogens (tertiary/aromatic N) is 2. The highest BCUT2D eigenvalue weighted by atomic mass is 32.1. The van der Waals surface area contributed by atoms with E-state index in [1.54, 1.807) is 18.3 Å². The third kappa shape index (κ3) is 5.25. The van der Waals surface area contributed by atoms with Crippen LogP contribution in [0.1, 0.15) is 0 Å². The van der Waals surface area contributed by atoms with Crippen LogP contribution in [0.5, 0.6) is 0 Å². The number of benzene rings is 1. The number of primary amides is 2. The van der Waals surface area contributed by atoms with Crippen molar-refractivity contribution in [3.63, 3.8) is 0 Å². The second-order valence-corrected chi connectivity index (χ2v) is 4.26. The molecule has 116 valence electrons. The molecule has 0 bridgehead atoms. The van der Waals surface area contributed by atoms with Crippen molar-refractivity contribution in [2.45, 2.75) is 0 Å². The van der Waals surface area contributed by atoms with E-state index in [1.165, 1.54) is 23.7 Å². The van der Waals surface area contributed by atoms with Crippen molar-refractivity contribution in [2.24, 2.45) is 11.5 Å². The molecular formula is C12H11F2N5O2S. The summed E-state index contributed by atoms with van der Waals surface area (Å²) in [6, 6.07) is 5.29. The van der Waals surface area contributed by atoms with Gasteiger partial charge in [0.1, 0.15) is 0 Å². The second-order valence-electron chi connectivity index (χ2n) is 3.62. The predicted octanol–water partition coefficient (Wildman–Crippen LogP) is 1.37. The van der Waals surface area contributed by atoms with Crippen LogP contribution >= 0.6 is 11.5 Å². The minimum Gasteiger partial charge on any atom is -0.352 e. The van der Waals surface area contributed by atoms with Crippen LogP contribution in [-0.4, -0.2) is 20.6 Å². The lowest BCUT2D eigenvalue weighted by molar-refractivity contribution is 0.256. The van der Waals surface area contributed by atoms with E-state index in [9.17, 15) is 13.6 Å². The first-order chi connectivity index (χ1) is 10.4. The van der Waals surface area contributed by atoms with E-state index in [0.29, 0.717) is 5.52 Å². The van der Waals surface area contributed by atoms with Gasteiger partial charge in [0.05, 0.1) is 11.7 Å². The first kappa shape index (κ1) is 17.2. The first-order valence-corrected chi connectivity index (χ1v) is 6.49. The number of aromatic nitrogens is 3. The molecule has 22 heavy (non-hydrogen) atoms. The molecular weight excluding hydrogens is 316 g/mol. The number of nitrogens with two attached hydrogens (primary N) is 2. The van der Waals surface area contributed by atoms with E-state index in [2.05, 4.69) is 26.0 Å². The summed E-state index contributed by atoms with van der Waals surface area (Å²) in [5.41, 5.74) is 7.77. The van der Waals surface area contributed by atoms with E-state index in [1.807, 2.05) is 5.38 Å². The van der Waals surface area contributed by atoms with Gasteiger partial charge in [-0.15, -0.1) is 5.10 Å². The second kappa shape index (κ2) is 8.42. The molecule has 3 aromatic rings. The number of para-hydroxylation sites is 1. The first-order valence-electron chi connectivity index (χ1n) is 5.65. The van der Waals surface area contributed by atoms with E-state index < -0.39 is 23.2 Å². The molecule has 2 heterocycles. The average molecular weight is 327 g/mol. The van der Waals surface area contributed by atoms with Crippen molar-refractivity contribution in [1.82, 2.24) is 14.6 Å². The summed E-state index contributed by atoms with van der Waals surface area (Å²) in [7, 11) is 0. The fourth-order valence-corrected chi connectivity index (χ4v) is 1.59. The van der Waals surface area contributed by atoms with Gasteiger partial charge >= 0.3 is 6.03 Å². The van der Waals surface area contributed by atoms with Crippen LogP contribution < -0.4 is 17.0 Å². The molecule has 2 aromatic heterocycles. The van der Waals surface area contributed by atoms with Gasteiger partial charge in [-0.3, -0.25) is 4.79 Å². The number of hydrogen-bond acceptors (Lipinski definition) is 5. The Morgan fingerprint density at radius 1 is 1.18 bits per heavy atom. The zero-order valence-corrected chi connectivity index (χ0v) is 11.8. The third-order valence-electron chi connectivity index (χ3n) is 2.09. The number of urea groups is 1. The Labute approximate surface area is 126 Å². The highest BCUT2D eigenvalue weighted by molar-refractivity contribution is 7.03. The summed E-state index contributed by atoms with van der Waals surface area (Å²) in [6.07, 6.45) is 1.66. The number of halogens is 2. The van der Waals surface area contributed by atoms with Gasteiger partial charge in [-0.05, 0) is 23.7 Å². The summed E-state index contributed by atoms with van der Waals surface area (Å²) >= 11 is 1.35. The Morgan fingerprint density at radius 2 is 1.82 bits per heavy atom. The molecule has 0 aliphatic carbocycles. The quantitative estimate of drug-likeness (QED) is 0.576. The van der Waals surface area contributed by atoms with Crippen molar-refractivity contribution in [2.75, 3.05) is 0 Å². The van der Waals surface area contributed by atoms with Crippen LogP contribution in [0.3, 0.4) is 0 Å². The minimum absolute atomic E-state index is 0.0830. The lowest BCUT2D eigenvalue weighted by Crippen LogP contribution is -2.18. The number of rotatable bonds is 0. The Bertz CT molecular complexity index is 771. The number of nitrogens with one attached hydrogen (secondary N) is 1. The number of amides is 2. The number of pyridine rings is 1. The van der Waals surface area contributed by atoms with Gasteiger partial charge < -0.3 is 16.5 Å². The molecule has 7 nitrogen and oxygen atoms in total. The molecule has 0 aliphatic heterocycles. The molecule has 10 heteroatoms. The third-order valence-corrected chi connectivity index (χ3v) is 2.52. The molecule has 0 atom stereocenters. The van der Waals surface area contributed by atoms with Crippen LogP contribution in [-0.2, 0) is 0 Å². The summed E-state index contributed by atoms with van der Waals surface area (Å²) < 4.78 is 29.3. The maximum atomic E-state index is 13.1. The molecule has 0 radical (unpaired) electrons. The largest absolute Gasteiger partial charge is 0.352 e. The van der Waals surface area contributed by atoms with Gasteiger partial charge in [0.2, 0.25) is 5.82 Å². The molecule has 0 saturated carbocycles. The van der Waals surface area contributed by atoms with Crippen LogP contribution in [0.15, 0.2) is 40.6 Å². The highest BCUT2D eigenvalue weighted by Crippen LogP contribution is 2.14. The van der Waals surface area contributed by atoms with Crippen molar-refractivity contribution >= 4 is 28.5 Å². The molecule has 0 fully saturated rings. The smallest absolute Gasteiger partial charge is 0.309 e. The van der Waals surface area contributed by atoms with Gasteiger partial charge in [0.15, 0.2) is 5.82 Å². The van der Waals surface area contributed by atoms with E-state index in [4.69, 9.17) is 4.79 Å². The maximum Gasteiger partial charge on any atom is 0.309 e. The van der Waals surface area contributed by atoms with Gasteiger partial charge in [-0.25, -0.2) is 9.18 Å². The molecule has 0 saturated heterocycles. The normalized spacial score (nSPS) is 9.18. The number of carbonyl (C=O) groups is 1. The van der Waals surface area contributed by atoms with Gasteiger partial charge in [-0.1, -0.05) is 16.6 Å². The zero-order chi connectivity index (χ0) is 16.5. The number of carbonyl (C=O) groups excluding carboxylic acids is 1. The Balaban J connectivity index is 0.000000222. The van der Waals surface area contributed by atoms with E-state index >= 15 is 0 Å². The number of aromatic amines is 1. The average Bonchev–Trinajstić information content (AvgIpc) is 3.04. The molecule has 5 N–H and O–H groups in total. The summed E-state index contributed by atoms with van der Waals surface area (Å²) in [5, 5.41) is 5.39. The fourth-order valence-electron chi connectivity index (χ4n) is 1.31. The molecule has 3 rings (SSSR count). The van der Waals surface area contributed by atoms with Crippen molar-refractivity contribution in [1.29, 1.82) is 0 Å². The minimum atomic E-state index is -1.36. The van der Waals surface area contributed by atoms with Crippen LogP contribution in [0.4, 0.5) is 13.6 Å². The maximum absolute atomic E-state index is 13.1. The monoisotopic (exact) mass is 327 g/mol. The number of H-pyrrole nitrogens is 1. The summed E-state index contributed by atoms with van der Waals surface area (Å²) in [5.74, 6) is -2.46. The van der Waals surface area contributed by atoms with Gasteiger partial charge in [-0.2, -0.15) is 4.39 Å². The molecule has 2 amide bonds. The van der Waals surface area contributed by atoms with Gasteiger partial charge in [0, 0.05) is 10.8 Å². The zero-order valence-electron chi connectivity index (χ0n) is 11.0. The molecule has 0 spiro atoms. The predicted molar refractivity (Wildman–Crippen MR) is 78.2 cm³/mol.